The number of carboxylic acids is 3. The summed E-state index contributed by atoms with van der Waals surface area (Å²) in [5, 5.41) is 35.2. The summed E-state index contributed by atoms with van der Waals surface area (Å²) in [5.74, 6) is -5.77. The Morgan fingerprint density at radius 3 is 2.39 bits per heavy atom. The van der Waals surface area contributed by atoms with Crippen molar-refractivity contribution in [2.75, 3.05) is 11.9 Å². The highest BCUT2D eigenvalue weighted by Crippen LogP contribution is 2.28. The predicted molar refractivity (Wildman–Crippen MR) is 112 cm³/mol. The molecule has 0 aliphatic heterocycles. The highest BCUT2D eigenvalue weighted by Gasteiger charge is 2.25. The monoisotopic (exact) mass is 482 g/mol. The standard InChI is InChI=1S/C19H19FN4O8S/c20-12-6-3-5-10(22-12)14(25)21-7-2-1-4-11(17(28)29)23-19(32)24-15-13(18(30)31)9(8-33-15)16(26)27/h3,5-6,8,11H,1-2,4,7H2,(H,21,25)(H,26,27)(H,28,29)(H,30,31)(H2,23,24,32)/t11-/m0/s1. The topological polar surface area (TPSA) is 195 Å². The van der Waals surface area contributed by atoms with E-state index in [0.717, 1.165) is 11.4 Å². The number of halogens is 1. The van der Waals surface area contributed by atoms with Crippen LogP contribution in [0.25, 0.3) is 0 Å². The van der Waals surface area contributed by atoms with Gasteiger partial charge >= 0.3 is 23.9 Å². The third-order valence-corrected chi connectivity index (χ3v) is 5.11. The maximum absolute atomic E-state index is 13.0. The lowest BCUT2D eigenvalue weighted by Gasteiger charge is -2.15. The van der Waals surface area contributed by atoms with Crippen LogP contribution >= 0.6 is 11.3 Å². The van der Waals surface area contributed by atoms with Gasteiger partial charge in [0.1, 0.15) is 22.3 Å². The molecule has 0 saturated carbocycles. The van der Waals surface area contributed by atoms with E-state index in [0.29, 0.717) is 17.8 Å². The highest BCUT2D eigenvalue weighted by molar-refractivity contribution is 7.15. The molecule has 0 aliphatic carbocycles. The summed E-state index contributed by atoms with van der Waals surface area (Å²) in [6, 6.07) is 1.43. The number of pyridine rings is 1. The van der Waals surface area contributed by atoms with Gasteiger partial charge in [0, 0.05) is 11.9 Å². The summed E-state index contributed by atoms with van der Waals surface area (Å²) in [6.07, 6.45) is 0.633. The fourth-order valence-electron chi connectivity index (χ4n) is 2.68. The fourth-order valence-corrected chi connectivity index (χ4v) is 3.60. The van der Waals surface area contributed by atoms with Crippen molar-refractivity contribution in [2.45, 2.75) is 25.3 Å². The Labute approximate surface area is 189 Å². The molecule has 33 heavy (non-hydrogen) atoms. The molecular formula is C19H19FN4O8S. The minimum Gasteiger partial charge on any atom is -0.480 e. The third kappa shape index (κ3) is 7.24. The molecule has 0 spiro atoms. The van der Waals surface area contributed by atoms with Gasteiger partial charge in [-0.1, -0.05) is 6.07 Å². The number of aliphatic carboxylic acids is 1. The number of aromatic nitrogens is 1. The van der Waals surface area contributed by atoms with Gasteiger partial charge in [-0.3, -0.25) is 10.1 Å². The van der Waals surface area contributed by atoms with Crippen molar-refractivity contribution in [2.24, 2.45) is 0 Å². The number of carbonyl (C=O) groups excluding carboxylic acids is 2. The van der Waals surface area contributed by atoms with Gasteiger partial charge in [0.05, 0.1) is 5.56 Å². The molecular weight excluding hydrogens is 463 g/mol. The van der Waals surface area contributed by atoms with E-state index in [1.807, 2.05) is 0 Å². The first kappa shape index (κ1) is 25.2. The molecule has 2 heterocycles. The molecule has 2 rings (SSSR count). The van der Waals surface area contributed by atoms with E-state index in [1.165, 1.54) is 12.1 Å². The molecule has 0 radical (unpaired) electrons. The van der Waals surface area contributed by atoms with Crippen molar-refractivity contribution in [1.82, 2.24) is 15.6 Å². The van der Waals surface area contributed by atoms with Gasteiger partial charge in [0.15, 0.2) is 0 Å². The summed E-state index contributed by atoms with van der Waals surface area (Å²) in [4.78, 5) is 61.2. The lowest BCUT2D eigenvalue weighted by Crippen LogP contribution is -2.43. The Balaban J connectivity index is 1.84. The van der Waals surface area contributed by atoms with E-state index in [4.69, 9.17) is 5.11 Å². The van der Waals surface area contributed by atoms with Crippen molar-refractivity contribution >= 4 is 46.2 Å². The number of nitrogens with one attached hydrogen (secondary N) is 3. The molecule has 12 nitrogen and oxygen atoms in total. The first-order valence-corrected chi connectivity index (χ1v) is 10.3. The number of carboxylic acid groups (broad SMARTS) is 3. The van der Waals surface area contributed by atoms with E-state index in [-0.39, 0.29) is 30.1 Å². The summed E-state index contributed by atoms with van der Waals surface area (Å²) in [7, 11) is 0. The van der Waals surface area contributed by atoms with Crippen LogP contribution in [0.3, 0.4) is 0 Å². The number of carbonyl (C=O) groups is 5. The van der Waals surface area contributed by atoms with Crippen molar-refractivity contribution in [3.63, 3.8) is 0 Å². The lowest BCUT2D eigenvalue weighted by atomic mass is 10.1. The van der Waals surface area contributed by atoms with Crippen molar-refractivity contribution < 1.29 is 43.7 Å². The number of aromatic carboxylic acids is 2. The average Bonchev–Trinajstić information content (AvgIpc) is 3.16. The van der Waals surface area contributed by atoms with Crippen LogP contribution in [0.5, 0.6) is 0 Å². The van der Waals surface area contributed by atoms with Gasteiger partial charge in [-0.2, -0.15) is 4.39 Å². The predicted octanol–water partition coefficient (Wildman–Crippen LogP) is 1.85. The van der Waals surface area contributed by atoms with E-state index in [1.54, 1.807) is 0 Å². The average molecular weight is 482 g/mol. The second-order valence-corrected chi connectivity index (χ2v) is 7.43. The molecule has 0 aliphatic rings. The molecule has 3 amide bonds. The van der Waals surface area contributed by atoms with Crippen LogP contribution in [-0.4, -0.2) is 62.7 Å². The van der Waals surface area contributed by atoms with Crippen LogP contribution in [0.2, 0.25) is 0 Å². The molecule has 14 heteroatoms. The quantitative estimate of drug-likeness (QED) is 0.205. The number of urea groups is 1. The third-order valence-electron chi connectivity index (χ3n) is 4.22. The van der Waals surface area contributed by atoms with Gasteiger partial charge in [-0.15, -0.1) is 11.3 Å². The van der Waals surface area contributed by atoms with E-state index in [2.05, 4.69) is 20.9 Å². The second-order valence-electron chi connectivity index (χ2n) is 6.55. The summed E-state index contributed by atoms with van der Waals surface area (Å²) in [5.41, 5.74) is -1.22. The van der Waals surface area contributed by atoms with Crippen molar-refractivity contribution in [3.05, 3.63) is 46.3 Å². The zero-order valence-electron chi connectivity index (χ0n) is 16.8. The summed E-state index contributed by atoms with van der Waals surface area (Å²) < 4.78 is 13.0. The zero-order chi connectivity index (χ0) is 24.5. The minimum absolute atomic E-state index is 0.00650. The van der Waals surface area contributed by atoms with Gasteiger partial charge < -0.3 is 26.0 Å². The number of hydrogen-bond donors (Lipinski definition) is 6. The second kappa shape index (κ2) is 11.5. The van der Waals surface area contributed by atoms with Crippen LogP contribution in [0, 0.1) is 5.95 Å². The number of rotatable bonds is 11. The van der Waals surface area contributed by atoms with Gasteiger partial charge in [0.25, 0.3) is 5.91 Å². The molecule has 0 aromatic carbocycles. The molecule has 6 N–H and O–H groups in total. The Bertz CT molecular complexity index is 1070. The Hall–Kier alpha value is -4.07. The molecule has 0 saturated heterocycles. The first-order chi connectivity index (χ1) is 15.6. The molecule has 0 fully saturated rings. The number of thiophene rings is 1. The minimum atomic E-state index is -1.56. The number of hydrogen-bond acceptors (Lipinski definition) is 7. The van der Waals surface area contributed by atoms with Gasteiger partial charge in [-0.25, -0.2) is 24.2 Å². The largest absolute Gasteiger partial charge is 0.480 e. The van der Waals surface area contributed by atoms with Crippen LogP contribution in [0.4, 0.5) is 14.2 Å². The number of unbranched alkanes of at least 4 members (excludes halogenated alkanes) is 1. The summed E-state index contributed by atoms with van der Waals surface area (Å²) in [6.45, 7) is 0.157. The van der Waals surface area contributed by atoms with Crippen molar-refractivity contribution in [1.29, 1.82) is 0 Å². The van der Waals surface area contributed by atoms with E-state index < -0.39 is 53.0 Å². The van der Waals surface area contributed by atoms with Crippen molar-refractivity contribution in [3.8, 4) is 0 Å². The normalized spacial score (nSPS) is 11.3. The number of anilines is 1. The first-order valence-electron chi connectivity index (χ1n) is 9.39. The van der Waals surface area contributed by atoms with Crippen LogP contribution in [0.15, 0.2) is 23.6 Å². The molecule has 0 unspecified atom stereocenters. The smallest absolute Gasteiger partial charge is 0.339 e. The molecule has 2 aromatic rings. The van der Waals surface area contributed by atoms with Crippen LogP contribution in [0.1, 0.15) is 50.5 Å². The Morgan fingerprint density at radius 1 is 1.06 bits per heavy atom. The maximum Gasteiger partial charge on any atom is 0.339 e. The Morgan fingerprint density at radius 2 is 1.79 bits per heavy atom. The maximum atomic E-state index is 13.0. The molecule has 176 valence electrons. The van der Waals surface area contributed by atoms with Gasteiger partial charge in [0.2, 0.25) is 5.95 Å². The van der Waals surface area contributed by atoms with E-state index >= 15 is 0 Å². The number of nitrogens with zero attached hydrogens (tertiary/aromatic N) is 1. The van der Waals surface area contributed by atoms with E-state index in [9.17, 15) is 38.6 Å². The molecule has 2 aromatic heterocycles. The lowest BCUT2D eigenvalue weighted by molar-refractivity contribution is -0.139. The Kier molecular flexibility index (Phi) is 8.80. The SMILES string of the molecule is O=C(Nc1scc(C(=O)O)c1C(=O)O)N[C@@H](CCCCNC(=O)c1cccc(F)n1)C(=O)O. The highest BCUT2D eigenvalue weighted by atomic mass is 32.1. The van der Waals surface area contributed by atoms with Gasteiger partial charge in [-0.05, 0) is 31.4 Å². The molecule has 1 atom stereocenters. The number of amides is 3. The zero-order valence-corrected chi connectivity index (χ0v) is 17.6. The fraction of sp³-hybridized carbons (Fsp3) is 0.263. The molecule has 0 bridgehead atoms. The van der Waals surface area contributed by atoms with Crippen LogP contribution < -0.4 is 16.0 Å². The van der Waals surface area contributed by atoms with Crippen LogP contribution in [-0.2, 0) is 4.79 Å². The summed E-state index contributed by atoms with van der Waals surface area (Å²) >= 11 is 0.673.